The van der Waals surface area contributed by atoms with E-state index in [-0.39, 0.29) is 17.4 Å². The average Bonchev–Trinajstić information content (AvgIpc) is 2.29. The molecular weight excluding hydrogens is 226 g/mol. The highest BCUT2D eigenvalue weighted by Crippen LogP contribution is 2.14. The van der Waals surface area contributed by atoms with Gasteiger partial charge in [0.05, 0.1) is 5.75 Å². The fourth-order valence-electron chi connectivity index (χ4n) is 2.06. The summed E-state index contributed by atoms with van der Waals surface area (Å²) in [7, 11) is -2.84. The lowest BCUT2D eigenvalue weighted by Gasteiger charge is -2.29. The molecule has 0 aliphatic carbocycles. The minimum Gasteiger partial charge on any atom is -0.303 e. The van der Waals surface area contributed by atoms with E-state index in [0.29, 0.717) is 6.42 Å². The van der Waals surface area contributed by atoms with Gasteiger partial charge in [0.1, 0.15) is 16.1 Å². The Kier molecular flexibility index (Phi) is 5.41. The molecule has 0 aromatic heterocycles. The lowest BCUT2D eigenvalue weighted by atomic mass is 10.00. The molecule has 0 N–H and O–H groups in total. The van der Waals surface area contributed by atoms with Crippen molar-refractivity contribution in [2.45, 2.75) is 26.2 Å². The van der Waals surface area contributed by atoms with Gasteiger partial charge in [-0.2, -0.15) is 0 Å². The molecule has 0 spiro atoms. The maximum Gasteiger partial charge on any atom is 0.150 e. The Labute approximate surface area is 97.9 Å². The predicted molar refractivity (Wildman–Crippen MR) is 64.2 cm³/mol. The van der Waals surface area contributed by atoms with Gasteiger partial charge in [-0.1, -0.05) is 6.92 Å². The normalized spacial score (nSPS) is 23.2. The molecule has 1 aliphatic heterocycles. The summed E-state index contributed by atoms with van der Waals surface area (Å²) in [5.41, 5.74) is 0. The smallest absolute Gasteiger partial charge is 0.150 e. The third kappa shape index (κ3) is 4.61. The fraction of sp³-hybridized carbons (Fsp3) is 0.909. The van der Waals surface area contributed by atoms with Gasteiger partial charge in [0.25, 0.3) is 0 Å². The minimum absolute atomic E-state index is 0.150. The van der Waals surface area contributed by atoms with Crippen molar-refractivity contribution >= 4 is 16.1 Å². The average molecular weight is 247 g/mol. The zero-order valence-electron chi connectivity index (χ0n) is 9.89. The summed E-state index contributed by atoms with van der Waals surface area (Å²) >= 11 is 0. The lowest BCUT2D eigenvalue weighted by Crippen LogP contribution is -2.37. The molecule has 5 heteroatoms. The summed E-state index contributed by atoms with van der Waals surface area (Å²) in [5.74, 6) is 0.645. The van der Waals surface area contributed by atoms with Crippen molar-refractivity contribution in [1.29, 1.82) is 0 Å². The molecule has 1 saturated heterocycles. The second-order valence-corrected chi connectivity index (χ2v) is 6.90. The van der Waals surface area contributed by atoms with Gasteiger partial charge in [0, 0.05) is 18.2 Å². The highest BCUT2D eigenvalue weighted by atomic mass is 32.2. The van der Waals surface area contributed by atoms with Crippen molar-refractivity contribution in [1.82, 2.24) is 4.90 Å². The summed E-state index contributed by atoms with van der Waals surface area (Å²) in [6, 6.07) is 0. The quantitative estimate of drug-likeness (QED) is 0.649. The number of hydrogen-bond acceptors (Lipinski definition) is 4. The van der Waals surface area contributed by atoms with E-state index in [2.05, 4.69) is 4.90 Å². The maximum absolute atomic E-state index is 11.3. The summed E-state index contributed by atoms with van der Waals surface area (Å²) in [4.78, 5) is 12.9. The Morgan fingerprint density at radius 1 is 1.44 bits per heavy atom. The monoisotopic (exact) mass is 247 g/mol. The minimum atomic E-state index is -2.84. The Hall–Kier alpha value is -0.420. The summed E-state index contributed by atoms with van der Waals surface area (Å²) in [5, 5.41) is 0. The second kappa shape index (κ2) is 6.35. The third-order valence-corrected chi connectivity index (χ3v) is 4.89. The first-order valence-corrected chi connectivity index (χ1v) is 7.77. The molecular formula is C11H21NO3S. The van der Waals surface area contributed by atoms with Gasteiger partial charge < -0.3 is 9.69 Å². The number of sulfone groups is 1. The molecule has 0 bridgehead atoms. The van der Waals surface area contributed by atoms with Gasteiger partial charge in [0.15, 0.2) is 0 Å². The van der Waals surface area contributed by atoms with Gasteiger partial charge in [-0.15, -0.1) is 0 Å². The van der Waals surface area contributed by atoms with E-state index in [1.165, 1.54) is 0 Å². The number of carbonyl (C=O) groups excluding carboxylic acids is 1. The van der Waals surface area contributed by atoms with Crippen LogP contribution in [-0.2, 0) is 14.6 Å². The van der Waals surface area contributed by atoms with Gasteiger partial charge in [-0.05, 0) is 32.4 Å². The van der Waals surface area contributed by atoms with Crippen LogP contribution in [0.25, 0.3) is 0 Å². The maximum atomic E-state index is 11.3. The predicted octanol–water partition coefficient (Wildman–Crippen LogP) is 0.722. The molecule has 1 rings (SSSR count). The topological polar surface area (TPSA) is 54.5 Å². The number of aldehydes is 1. The van der Waals surface area contributed by atoms with Crippen molar-refractivity contribution in [3.8, 4) is 0 Å². The molecule has 1 atom stereocenters. The van der Waals surface area contributed by atoms with Crippen molar-refractivity contribution in [3.63, 3.8) is 0 Å². The summed E-state index contributed by atoms with van der Waals surface area (Å²) in [6.07, 6.45) is 3.73. The molecule has 0 radical (unpaired) electrons. The fourth-order valence-corrected chi connectivity index (χ4v) is 2.92. The molecule has 0 aromatic carbocycles. The zero-order chi connectivity index (χ0) is 12.0. The van der Waals surface area contributed by atoms with E-state index in [4.69, 9.17) is 0 Å². The Bertz CT molecular complexity index is 313. The molecule has 94 valence electrons. The molecule has 4 nitrogen and oxygen atoms in total. The number of hydrogen-bond donors (Lipinski definition) is 0. The van der Waals surface area contributed by atoms with E-state index in [1.54, 1.807) is 6.92 Å². The number of piperidine rings is 1. The molecule has 1 fully saturated rings. The molecule has 0 aromatic rings. The second-order valence-electron chi connectivity index (χ2n) is 4.43. The van der Waals surface area contributed by atoms with Crippen LogP contribution in [0.3, 0.4) is 0 Å². The van der Waals surface area contributed by atoms with E-state index in [1.807, 2.05) is 0 Å². The van der Waals surface area contributed by atoms with Gasteiger partial charge >= 0.3 is 0 Å². The number of carbonyl (C=O) groups is 1. The Balaban J connectivity index is 2.25. The highest BCUT2D eigenvalue weighted by Gasteiger charge is 2.19. The molecule has 0 saturated carbocycles. The molecule has 1 aliphatic rings. The largest absolute Gasteiger partial charge is 0.303 e. The lowest BCUT2D eigenvalue weighted by molar-refractivity contribution is -0.112. The summed E-state index contributed by atoms with van der Waals surface area (Å²) in [6.45, 7) is 4.27. The first-order chi connectivity index (χ1) is 7.57. The van der Waals surface area contributed by atoms with Crippen molar-refractivity contribution in [3.05, 3.63) is 0 Å². The van der Waals surface area contributed by atoms with Crippen LogP contribution in [0, 0.1) is 5.92 Å². The SMILES string of the molecule is CCS(=O)(=O)CCCN1CCCC(C=O)C1. The van der Waals surface area contributed by atoms with Crippen LogP contribution in [0.2, 0.25) is 0 Å². The van der Waals surface area contributed by atoms with Crippen LogP contribution >= 0.6 is 0 Å². The van der Waals surface area contributed by atoms with Crippen LogP contribution in [0.4, 0.5) is 0 Å². The first kappa shape index (κ1) is 13.6. The van der Waals surface area contributed by atoms with E-state index >= 15 is 0 Å². The first-order valence-electron chi connectivity index (χ1n) is 5.95. The highest BCUT2D eigenvalue weighted by molar-refractivity contribution is 7.91. The van der Waals surface area contributed by atoms with Crippen molar-refractivity contribution < 1.29 is 13.2 Å². The third-order valence-electron chi connectivity index (χ3n) is 3.10. The molecule has 0 amide bonds. The zero-order valence-corrected chi connectivity index (χ0v) is 10.7. The van der Waals surface area contributed by atoms with Crippen LogP contribution in [-0.4, -0.2) is 50.7 Å². The van der Waals surface area contributed by atoms with Crippen molar-refractivity contribution in [2.24, 2.45) is 5.92 Å². The van der Waals surface area contributed by atoms with Gasteiger partial charge in [0.2, 0.25) is 0 Å². The standard InChI is InChI=1S/C11H21NO3S/c1-2-16(14,15)8-4-7-12-6-3-5-11(9-12)10-13/h10-11H,2-9H2,1H3. The number of rotatable bonds is 6. The van der Waals surface area contributed by atoms with Crippen molar-refractivity contribution in [2.75, 3.05) is 31.1 Å². The number of nitrogens with zero attached hydrogens (tertiary/aromatic N) is 1. The molecule has 16 heavy (non-hydrogen) atoms. The van der Waals surface area contributed by atoms with Gasteiger partial charge in [-0.25, -0.2) is 8.42 Å². The van der Waals surface area contributed by atoms with Crippen LogP contribution in [0.5, 0.6) is 0 Å². The van der Waals surface area contributed by atoms with E-state index in [0.717, 1.165) is 38.8 Å². The Morgan fingerprint density at radius 3 is 2.81 bits per heavy atom. The van der Waals surface area contributed by atoms with Crippen LogP contribution in [0.15, 0.2) is 0 Å². The molecule has 1 unspecified atom stereocenters. The summed E-state index contributed by atoms with van der Waals surface area (Å²) < 4.78 is 22.6. The van der Waals surface area contributed by atoms with E-state index < -0.39 is 9.84 Å². The van der Waals surface area contributed by atoms with Gasteiger partial charge in [-0.3, -0.25) is 0 Å². The number of likely N-dealkylation sites (tertiary alicyclic amines) is 1. The Morgan fingerprint density at radius 2 is 2.19 bits per heavy atom. The molecule has 1 heterocycles. The van der Waals surface area contributed by atoms with Crippen LogP contribution in [0.1, 0.15) is 26.2 Å². The van der Waals surface area contributed by atoms with E-state index in [9.17, 15) is 13.2 Å². The van der Waals surface area contributed by atoms with Crippen LogP contribution < -0.4 is 0 Å².